The van der Waals surface area contributed by atoms with Gasteiger partial charge < -0.3 is 25.7 Å². The lowest BCUT2D eigenvalue weighted by atomic mass is 10.2. The number of nitrogens with zero attached hydrogens (tertiary/aromatic N) is 3. The van der Waals surface area contributed by atoms with Gasteiger partial charge in [0.05, 0.1) is 18.7 Å². The number of esters is 1. The van der Waals surface area contributed by atoms with Crippen molar-refractivity contribution in [1.82, 2.24) is 15.0 Å². The maximum absolute atomic E-state index is 11.8. The highest BCUT2D eigenvalue weighted by atomic mass is 35.5. The molecule has 0 bridgehead atoms. The second-order valence-corrected chi connectivity index (χ2v) is 5.28. The van der Waals surface area contributed by atoms with Gasteiger partial charge in [0, 0.05) is 6.08 Å². The Balaban J connectivity index is 2.05. The van der Waals surface area contributed by atoms with E-state index in [-0.39, 0.29) is 24.3 Å². The van der Waals surface area contributed by atoms with Crippen LogP contribution in [0.5, 0.6) is 11.5 Å². The summed E-state index contributed by atoms with van der Waals surface area (Å²) in [6.45, 7) is 2.10. The molecule has 0 aliphatic carbocycles. The molecule has 10 heteroatoms. The zero-order valence-electron chi connectivity index (χ0n) is 14.2. The molecule has 2 aromatic rings. The minimum absolute atomic E-state index is 0.0459. The number of ether oxygens (including phenoxy) is 3. The smallest absolute Gasteiger partial charge is 0.331 e. The number of nitrogen functional groups attached to an aromatic ring is 2. The molecular weight excluding hydrogens is 362 g/mol. The van der Waals surface area contributed by atoms with E-state index in [1.807, 2.05) is 6.92 Å². The van der Waals surface area contributed by atoms with Gasteiger partial charge in [-0.05, 0) is 30.7 Å². The highest BCUT2D eigenvalue weighted by molar-refractivity contribution is 6.32. The molecule has 0 saturated heterocycles. The first-order valence-electron chi connectivity index (χ1n) is 7.54. The molecular formula is C16H18ClN5O4. The van der Waals surface area contributed by atoms with E-state index in [9.17, 15) is 4.79 Å². The summed E-state index contributed by atoms with van der Waals surface area (Å²) in [6, 6.07) is 3.34. The zero-order valence-corrected chi connectivity index (χ0v) is 15.0. The molecule has 0 fully saturated rings. The summed E-state index contributed by atoms with van der Waals surface area (Å²) < 4.78 is 15.7. The summed E-state index contributed by atoms with van der Waals surface area (Å²) in [5.74, 6) is 0.367. The number of carbonyl (C=O) groups is 1. The standard InChI is InChI=1S/C16H18ClN5O4/c1-3-25-11-7-9(6-10(17)14(11)24-2)4-5-13(23)26-8-12-20-15(18)22-16(19)21-12/h4-7H,3,8H2,1-2H3,(H4,18,19,20,21,22)/b5-4+. The van der Waals surface area contributed by atoms with Gasteiger partial charge in [-0.15, -0.1) is 0 Å². The lowest BCUT2D eigenvalue weighted by Gasteiger charge is -2.11. The van der Waals surface area contributed by atoms with Gasteiger partial charge in [-0.3, -0.25) is 0 Å². The average molecular weight is 380 g/mol. The number of carbonyl (C=O) groups excluding carboxylic acids is 1. The van der Waals surface area contributed by atoms with E-state index < -0.39 is 5.97 Å². The van der Waals surface area contributed by atoms with E-state index >= 15 is 0 Å². The molecule has 26 heavy (non-hydrogen) atoms. The predicted octanol–water partition coefficient (Wildman–Crippen LogP) is 1.85. The summed E-state index contributed by atoms with van der Waals surface area (Å²) in [6.07, 6.45) is 2.77. The normalized spacial score (nSPS) is 10.7. The molecule has 138 valence electrons. The van der Waals surface area contributed by atoms with Crippen molar-refractivity contribution in [2.45, 2.75) is 13.5 Å². The number of anilines is 2. The quantitative estimate of drug-likeness (QED) is 0.545. The number of rotatable bonds is 7. The number of nitrogens with two attached hydrogens (primary N) is 2. The van der Waals surface area contributed by atoms with Crippen molar-refractivity contribution in [3.63, 3.8) is 0 Å². The lowest BCUT2D eigenvalue weighted by Crippen LogP contribution is -2.09. The highest BCUT2D eigenvalue weighted by Crippen LogP contribution is 2.36. The van der Waals surface area contributed by atoms with Crippen molar-refractivity contribution in [3.8, 4) is 11.5 Å². The van der Waals surface area contributed by atoms with Crippen molar-refractivity contribution >= 4 is 35.5 Å². The van der Waals surface area contributed by atoms with Crippen molar-refractivity contribution in [1.29, 1.82) is 0 Å². The third-order valence-electron chi connectivity index (χ3n) is 3.01. The lowest BCUT2D eigenvalue weighted by molar-refractivity contribution is -0.139. The van der Waals surface area contributed by atoms with Crippen molar-refractivity contribution in [2.75, 3.05) is 25.2 Å². The van der Waals surface area contributed by atoms with E-state index in [4.69, 9.17) is 37.3 Å². The van der Waals surface area contributed by atoms with Gasteiger partial charge in [-0.25, -0.2) is 4.79 Å². The number of hydrogen-bond donors (Lipinski definition) is 2. The second kappa shape index (κ2) is 8.86. The van der Waals surface area contributed by atoms with Crippen LogP contribution in [0.25, 0.3) is 6.08 Å². The van der Waals surface area contributed by atoms with Crippen LogP contribution in [0.15, 0.2) is 18.2 Å². The van der Waals surface area contributed by atoms with Gasteiger partial charge in [-0.2, -0.15) is 15.0 Å². The maximum Gasteiger partial charge on any atom is 0.331 e. The van der Waals surface area contributed by atoms with E-state index in [0.29, 0.717) is 28.7 Å². The van der Waals surface area contributed by atoms with Crippen LogP contribution < -0.4 is 20.9 Å². The Morgan fingerprint density at radius 1 is 1.23 bits per heavy atom. The van der Waals surface area contributed by atoms with E-state index in [1.54, 1.807) is 12.1 Å². The first-order chi connectivity index (χ1) is 12.4. The van der Waals surface area contributed by atoms with E-state index in [2.05, 4.69) is 15.0 Å². The molecule has 0 amide bonds. The summed E-state index contributed by atoms with van der Waals surface area (Å²) in [4.78, 5) is 23.1. The van der Waals surface area contributed by atoms with Gasteiger partial charge in [0.1, 0.15) is 0 Å². The number of halogens is 1. The fraction of sp³-hybridized carbons (Fsp3) is 0.250. The molecule has 0 unspecified atom stereocenters. The van der Waals surface area contributed by atoms with Crippen molar-refractivity contribution < 1.29 is 19.0 Å². The Hall–Kier alpha value is -3.07. The predicted molar refractivity (Wildman–Crippen MR) is 96.7 cm³/mol. The molecule has 0 aliphatic rings. The van der Waals surface area contributed by atoms with Gasteiger partial charge in [0.15, 0.2) is 23.9 Å². The first kappa shape index (κ1) is 19.3. The first-order valence-corrected chi connectivity index (χ1v) is 7.91. The van der Waals surface area contributed by atoms with Crippen LogP contribution in [0.1, 0.15) is 18.3 Å². The van der Waals surface area contributed by atoms with E-state index in [0.717, 1.165) is 0 Å². The Morgan fingerprint density at radius 3 is 2.54 bits per heavy atom. The van der Waals surface area contributed by atoms with Crippen LogP contribution in [0.2, 0.25) is 5.02 Å². The Kier molecular flexibility index (Phi) is 6.56. The van der Waals surface area contributed by atoms with Gasteiger partial charge in [0.25, 0.3) is 0 Å². The molecule has 0 saturated carbocycles. The number of hydrogen-bond acceptors (Lipinski definition) is 9. The van der Waals surface area contributed by atoms with Crippen molar-refractivity contribution in [3.05, 3.63) is 34.6 Å². The fourth-order valence-electron chi connectivity index (χ4n) is 2.01. The minimum atomic E-state index is -0.604. The van der Waals surface area contributed by atoms with Gasteiger partial charge in [-0.1, -0.05) is 11.6 Å². The molecule has 2 rings (SSSR count). The summed E-state index contributed by atoms with van der Waals surface area (Å²) in [7, 11) is 1.50. The zero-order chi connectivity index (χ0) is 19.1. The monoisotopic (exact) mass is 379 g/mol. The topological polar surface area (TPSA) is 135 Å². The minimum Gasteiger partial charge on any atom is -0.491 e. The molecule has 1 heterocycles. The summed E-state index contributed by atoms with van der Waals surface area (Å²) in [5, 5.41) is 0.364. The van der Waals surface area contributed by atoms with Crippen LogP contribution in [0, 0.1) is 0 Å². The average Bonchev–Trinajstić information content (AvgIpc) is 2.57. The molecule has 1 aromatic carbocycles. The molecule has 4 N–H and O–H groups in total. The maximum atomic E-state index is 11.8. The molecule has 0 radical (unpaired) electrons. The molecule has 9 nitrogen and oxygen atoms in total. The molecule has 1 aromatic heterocycles. The van der Waals surface area contributed by atoms with Crippen LogP contribution in [0.4, 0.5) is 11.9 Å². The van der Waals surface area contributed by atoms with Crippen LogP contribution in [-0.2, 0) is 16.1 Å². The Bertz CT molecular complexity index is 808. The third-order valence-corrected chi connectivity index (χ3v) is 3.29. The van der Waals surface area contributed by atoms with Gasteiger partial charge in [0.2, 0.25) is 11.9 Å². The largest absolute Gasteiger partial charge is 0.491 e. The number of benzene rings is 1. The van der Waals surface area contributed by atoms with Crippen LogP contribution >= 0.6 is 11.6 Å². The molecule has 0 aliphatic heterocycles. The highest BCUT2D eigenvalue weighted by Gasteiger charge is 2.11. The number of methoxy groups -OCH3 is 1. The Labute approximate surface area is 154 Å². The third kappa shape index (κ3) is 5.21. The molecule has 0 atom stereocenters. The Morgan fingerprint density at radius 2 is 1.92 bits per heavy atom. The van der Waals surface area contributed by atoms with Crippen LogP contribution in [-0.4, -0.2) is 34.6 Å². The fourth-order valence-corrected chi connectivity index (χ4v) is 2.31. The molecule has 0 spiro atoms. The van der Waals surface area contributed by atoms with Crippen molar-refractivity contribution in [2.24, 2.45) is 0 Å². The SMILES string of the molecule is CCOc1cc(/C=C/C(=O)OCc2nc(N)nc(N)n2)cc(Cl)c1OC. The second-order valence-electron chi connectivity index (χ2n) is 4.88. The van der Waals surface area contributed by atoms with Crippen LogP contribution in [0.3, 0.4) is 0 Å². The number of aromatic nitrogens is 3. The van der Waals surface area contributed by atoms with E-state index in [1.165, 1.54) is 19.3 Å². The summed E-state index contributed by atoms with van der Waals surface area (Å²) >= 11 is 6.16. The van der Waals surface area contributed by atoms with Gasteiger partial charge >= 0.3 is 5.97 Å². The summed E-state index contributed by atoms with van der Waals surface area (Å²) in [5.41, 5.74) is 11.5.